The van der Waals surface area contributed by atoms with Crippen molar-refractivity contribution in [3.8, 4) is 73.6 Å². The SMILES string of the molecule is N#Cc1ccccc1-c1ccc2c(c1)Sc1cc(-c3ccc(-c4nc(-c5ccccc5)nc(-c5ccccc5)n4)cc3)ccc1C21c2ccccc2-c2ccccc21. The average Bonchev–Trinajstić information content (AvgIpc) is 3.59. The zero-order valence-corrected chi connectivity index (χ0v) is 32.0. The standard InChI is InChI=1S/C53H32N4S/c54-33-40-17-7-8-18-41(40)39-28-30-47-49(32-39)58-48-31-38(27-29-46(48)53(47)44-21-11-9-19-42(44)43-20-10-12-22-45(43)53)34-23-25-37(26-24-34)52-56-50(35-13-3-1-4-14-35)55-51(57-52)36-15-5-2-6-16-36/h1-32H. The molecule has 0 fully saturated rings. The molecule has 2 aliphatic rings. The first-order chi connectivity index (χ1) is 28.7. The number of nitrogens with zero attached hydrogens (tertiary/aromatic N) is 4. The summed E-state index contributed by atoms with van der Waals surface area (Å²) >= 11 is 1.81. The summed E-state index contributed by atoms with van der Waals surface area (Å²) in [4.78, 5) is 17.2. The molecule has 0 bridgehead atoms. The number of nitriles is 1. The van der Waals surface area contributed by atoms with Crippen LogP contribution in [0.5, 0.6) is 0 Å². The molecule has 0 amide bonds. The second kappa shape index (κ2) is 13.7. The van der Waals surface area contributed by atoms with E-state index in [0.29, 0.717) is 23.0 Å². The van der Waals surface area contributed by atoms with Crippen LogP contribution in [-0.4, -0.2) is 15.0 Å². The van der Waals surface area contributed by atoms with Crippen molar-refractivity contribution in [1.82, 2.24) is 15.0 Å². The van der Waals surface area contributed by atoms with E-state index >= 15 is 0 Å². The fourth-order valence-electron chi connectivity index (χ4n) is 8.84. The van der Waals surface area contributed by atoms with Crippen LogP contribution in [-0.2, 0) is 5.41 Å². The molecule has 8 aromatic carbocycles. The van der Waals surface area contributed by atoms with Gasteiger partial charge in [-0.1, -0.05) is 188 Å². The van der Waals surface area contributed by atoms with Crippen molar-refractivity contribution in [1.29, 1.82) is 5.26 Å². The fourth-order valence-corrected chi connectivity index (χ4v) is 10.1. The largest absolute Gasteiger partial charge is 0.208 e. The van der Waals surface area contributed by atoms with Gasteiger partial charge >= 0.3 is 0 Å². The second-order valence-electron chi connectivity index (χ2n) is 14.6. The zero-order chi connectivity index (χ0) is 38.6. The number of aromatic nitrogens is 3. The lowest BCUT2D eigenvalue weighted by Crippen LogP contribution is -2.32. The van der Waals surface area contributed by atoms with Crippen LogP contribution >= 0.6 is 11.8 Å². The minimum atomic E-state index is -0.496. The topological polar surface area (TPSA) is 62.5 Å². The van der Waals surface area contributed by atoms with Gasteiger partial charge < -0.3 is 0 Å². The van der Waals surface area contributed by atoms with Crippen LogP contribution in [0.2, 0.25) is 0 Å². The van der Waals surface area contributed by atoms with Gasteiger partial charge in [0.05, 0.1) is 17.0 Å². The van der Waals surface area contributed by atoms with E-state index in [0.717, 1.165) is 38.9 Å². The van der Waals surface area contributed by atoms with E-state index in [1.165, 1.54) is 43.2 Å². The van der Waals surface area contributed by atoms with Crippen LogP contribution in [0, 0.1) is 11.3 Å². The van der Waals surface area contributed by atoms with Gasteiger partial charge in [0, 0.05) is 26.5 Å². The number of hydrogen-bond donors (Lipinski definition) is 0. The van der Waals surface area contributed by atoms with Gasteiger partial charge in [-0.15, -0.1) is 0 Å². The Morgan fingerprint density at radius 2 is 0.776 bits per heavy atom. The lowest BCUT2D eigenvalue weighted by Gasteiger charge is -2.40. The van der Waals surface area contributed by atoms with Crippen molar-refractivity contribution in [2.24, 2.45) is 0 Å². The third-order valence-corrected chi connectivity index (χ3v) is 12.6. The molecular formula is C53H32N4S. The quantitative estimate of drug-likeness (QED) is 0.175. The van der Waals surface area contributed by atoms with Crippen molar-refractivity contribution < 1.29 is 0 Å². The first-order valence-corrected chi connectivity index (χ1v) is 20.1. The minimum Gasteiger partial charge on any atom is -0.208 e. The van der Waals surface area contributed by atoms with Crippen molar-refractivity contribution >= 4 is 11.8 Å². The first-order valence-electron chi connectivity index (χ1n) is 19.3. The summed E-state index contributed by atoms with van der Waals surface area (Å²) in [5.74, 6) is 1.92. The molecule has 2 heterocycles. The van der Waals surface area contributed by atoms with Crippen molar-refractivity contribution in [2.45, 2.75) is 15.2 Å². The molecule has 0 N–H and O–H groups in total. The van der Waals surface area contributed by atoms with E-state index in [1.807, 2.05) is 96.7 Å². The molecule has 1 spiro atoms. The molecule has 0 saturated heterocycles. The normalized spacial score (nSPS) is 12.9. The molecule has 58 heavy (non-hydrogen) atoms. The maximum absolute atomic E-state index is 10.0. The average molecular weight is 757 g/mol. The number of fused-ring (bicyclic) bond motifs is 9. The van der Waals surface area contributed by atoms with E-state index < -0.39 is 5.41 Å². The monoisotopic (exact) mass is 756 g/mol. The Kier molecular flexibility index (Phi) is 7.99. The van der Waals surface area contributed by atoms with Crippen molar-refractivity contribution in [3.63, 3.8) is 0 Å². The minimum absolute atomic E-state index is 0.496. The maximum atomic E-state index is 10.0. The Morgan fingerprint density at radius 3 is 1.33 bits per heavy atom. The molecule has 0 atom stereocenters. The summed E-state index contributed by atoms with van der Waals surface area (Å²) < 4.78 is 0. The Hall–Kier alpha value is -7.39. The van der Waals surface area contributed by atoms with Gasteiger partial charge in [-0.05, 0) is 73.8 Å². The summed E-state index contributed by atoms with van der Waals surface area (Å²) in [6, 6.07) is 70.5. The Labute approximate surface area is 341 Å². The van der Waals surface area contributed by atoms with Gasteiger partial charge in [0.15, 0.2) is 17.5 Å². The van der Waals surface area contributed by atoms with Crippen LogP contribution < -0.4 is 0 Å². The lowest BCUT2D eigenvalue weighted by atomic mass is 9.67. The van der Waals surface area contributed by atoms with Crippen LogP contribution in [0.4, 0.5) is 0 Å². The number of hydrogen-bond acceptors (Lipinski definition) is 5. The van der Waals surface area contributed by atoms with E-state index in [1.54, 1.807) is 0 Å². The predicted octanol–water partition coefficient (Wildman–Crippen LogP) is 12.9. The highest BCUT2D eigenvalue weighted by Gasteiger charge is 2.50. The fraction of sp³-hybridized carbons (Fsp3) is 0.0189. The Morgan fingerprint density at radius 1 is 0.362 bits per heavy atom. The molecule has 0 saturated carbocycles. The highest BCUT2D eigenvalue weighted by Crippen LogP contribution is 2.62. The van der Waals surface area contributed by atoms with E-state index in [-0.39, 0.29) is 0 Å². The van der Waals surface area contributed by atoms with Crippen LogP contribution in [0.15, 0.2) is 204 Å². The van der Waals surface area contributed by atoms with Gasteiger partial charge in [0.25, 0.3) is 0 Å². The zero-order valence-electron chi connectivity index (χ0n) is 31.2. The molecule has 1 aromatic heterocycles. The number of rotatable bonds is 5. The van der Waals surface area contributed by atoms with Gasteiger partial charge in [-0.3, -0.25) is 0 Å². The van der Waals surface area contributed by atoms with Crippen molar-refractivity contribution in [2.75, 3.05) is 0 Å². The molecule has 5 heteroatoms. The summed E-state index contributed by atoms with van der Waals surface area (Å²) in [5.41, 5.74) is 14.9. The summed E-state index contributed by atoms with van der Waals surface area (Å²) in [6.07, 6.45) is 0. The maximum Gasteiger partial charge on any atom is 0.164 e. The predicted molar refractivity (Wildman–Crippen MR) is 233 cm³/mol. The van der Waals surface area contributed by atoms with E-state index in [9.17, 15) is 5.26 Å². The summed E-state index contributed by atoms with van der Waals surface area (Å²) in [7, 11) is 0. The molecule has 11 rings (SSSR count). The van der Waals surface area contributed by atoms with Gasteiger partial charge in [-0.2, -0.15) is 5.26 Å². The van der Waals surface area contributed by atoms with Gasteiger partial charge in [0.1, 0.15) is 0 Å². The Balaban J connectivity index is 1.04. The van der Waals surface area contributed by atoms with Crippen molar-refractivity contribution in [3.05, 3.63) is 222 Å². The van der Waals surface area contributed by atoms with E-state index in [4.69, 9.17) is 15.0 Å². The highest BCUT2D eigenvalue weighted by atomic mass is 32.2. The lowest BCUT2D eigenvalue weighted by molar-refractivity contribution is 0.723. The molecular weight excluding hydrogens is 725 g/mol. The van der Waals surface area contributed by atoms with Crippen LogP contribution in [0.25, 0.3) is 67.5 Å². The molecule has 270 valence electrons. The summed E-state index contributed by atoms with van der Waals surface area (Å²) in [5, 5.41) is 10.0. The molecule has 9 aromatic rings. The van der Waals surface area contributed by atoms with Gasteiger partial charge in [-0.25, -0.2) is 15.0 Å². The third kappa shape index (κ3) is 5.34. The highest BCUT2D eigenvalue weighted by molar-refractivity contribution is 7.99. The molecule has 0 unspecified atom stereocenters. The van der Waals surface area contributed by atoms with Gasteiger partial charge in [0.2, 0.25) is 0 Å². The second-order valence-corrected chi connectivity index (χ2v) is 15.7. The molecule has 1 aliphatic carbocycles. The van der Waals surface area contributed by atoms with Crippen LogP contribution in [0.1, 0.15) is 27.8 Å². The van der Waals surface area contributed by atoms with E-state index in [2.05, 4.69) is 115 Å². The van der Waals surface area contributed by atoms with Crippen LogP contribution in [0.3, 0.4) is 0 Å². The summed E-state index contributed by atoms with van der Waals surface area (Å²) in [6.45, 7) is 0. The number of benzene rings is 8. The molecule has 1 aliphatic heterocycles. The Bertz CT molecular complexity index is 2990. The third-order valence-electron chi connectivity index (χ3n) is 11.5. The first kappa shape index (κ1) is 33.9. The smallest absolute Gasteiger partial charge is 0.164 e. The molecule has 4 nitrogen and oxygen atoms in total. The molecule has 0 radical (unpaired) electrons.